The topological polar surface area (TPSA) is 92.4 Å². The molecule has 0 atom stereocenters. The number of sulfonamides is 1. The normalized spacial score (nSPS) is 11.8. The molecule has 86 valence electrons. The van der Waals surface area contributed by atoms with Crippen molar-refractivity contribution in [2.45, 2.75) is 19.4 Å². The Hall–Kier alpha value is -0.920. The SMILES string of the molecule is O=S(=O)(CCCCO)NCc1ccno1. The Balaban J connectivity index is 2.30. The fourth-order valence-electron chi connectivity index (χ4n) is 0.990. The molecule has 1 rings (SSSR count). The van der Waals surface area contributed by atoms with E-state index >= 15 is 0 Å². The largest absolute Gasteiger partial charge is 0.396 e. The van der Waals surface area contributed by atoms with E-state index < -0.39 is 10.0 Å². The molecular weight excluding hydrogens is 220 g/mol. The molecule has 0 bridgehead atoms. The van der Waals surface area contributed by atoms with E-state index in [1.54, 1.807) is 6.07 Å². The number of nitrogens with one attached hydrogen (secondary N) is 1. The van der Waals surface area contributed by atoms with Crippen LogP contribution in [0.15, 0.2) is 16.8 Å². The van der Waals surface area contributed by atoms with E-state index in [0.717, 1.165) is 0 Å². The van der Waals surface area contributed by atoms with Gasteiger partial charge in [0, 0.05) is 12.7 Å². The summed E-state index contributed by atoms with van der Waals surface area (Å²) in [5, 5.41) is 12.0. The number of unbranched alkanes of at least 4 members (excludes halogenated alkanes) is 1. The standard InChI is InChI=1S/C8H14N2O4S/c11-5-1-2-6-15(12,13)10-7-8-3-4-9-14-8/h3-4,10-11H,1-2,5-7H2. The molecule has 0 fully saturated rings. The number of hydrogen-bond donors (Lipinski definition) is 2. The molecule has 7 heteroatoms. The van der Waals surface area contributed by atoms with Gasteiger partial charge < -0.3 is 9.63 Å². The maximum absolute atomic E-state index is 11.3. The van der Waals surface area contributed by atoms with Gasteiger partial charge in [-0.1, -0.05) is 5.16 Å². The van der Waals surface area contributed by atoms with Crippen molar-refractivity contribution in [1.82, 2.24) is 9.88 Å². The first-order valence-electron chi connectivity index (χ1n) is 4.62. The summed E-state index contributed by atoms with van der Waals surface area (Å²) in [6, 6.07) is 1.59. The second-order valence-electron chi connectivity index (χ2n) is 3.05. The predicted molar refractivity (Wildman–Crippen MR) is 53.4 cm³/mol. The molecule has 0 saturated carbocycles. The van der Waals surface area contributed by atoms with Gasteiger partial charge in [0.15, 0.2) is 5.76 Å². The molecule has 0 unspecified atom stereocenters. The molecule has 2 N–H and O–H groups in total. The van der Waals surface area contributed by atoms with E-state index in [-0.39, 0.29) is 18.9 Å². The average molecular weight is 234 g/mol. The van der Waals surface area contributed by atoms with Gasteiger partial charge in [-0.25, -0.2) is 13.1 Å². The number of nitrogens with zero attached hydrogens (tertiary/aromatic N) is 1. The number of aliphatic hydroxyl groups excluding tert-OH is 1. The summed E-state index contributed by atoms with van der Waals surface area (Å²) in [5.41, 5.74) is 0. The molecule has 0 aliphatic carbocycles. The molecule has 0 radical (unpaired) electrons. The van der Waals surface area contributed by atoms with Gasteiger partial charge in [-0.05, 0) is 12.8 Å². The van der Waals surface area contributed by atoms with Crippen molar-refractivity contribution in [2.24, 2.45) is 0 Å². The maximum Gasteiger partial charge on any atom is 0.212 e. The minimum Gasteiger partial charge on any atom is -0.396 e. The number of rotatable bonds is 7. The van der Waals surface area contributed by atoms with Crippen molar-refractivity contribution in [1.29, 1.82) is 0 Å². The van der Waals surface area contributed by atoms with Gasteiger partial charge in [0.2, 0.25) is 10.0 Å². The third kappa shape index (κ3) is 4.91. The second kappa shape index (κ2) is 5.84. The van der Waals surface area contributed by atoms with Crippen LogP contribution in [0.25, 0.3) is 0 Å². The summed E-state index contributed by atoms with van der Waals surface area (Å²) in [4.78, 5) is 0. The molecule has 6 nitrogen and oxygen atoms in total. The third-order valence-electron chi connectivity index (χ3n) is 1.78. The van der Waals surface area contributed by atoms with Crippen LogP contribution >= 0.6 is 0 Å². The fraction of sp³-hybridized carbons (Fsp3) is 0.625. The number of hydrogen-bond acceptors (Lipinski definition) is 5. The van der Waals surface area contributed by atoms with E-state index in [1.807, 2.05) is 0 Å². The zero-order valence-corrected chi connectivity index (χ0v) is 9.03. The number of aromatic nitrogens is 1. The summed E-state index contributed by atoms with van der Waals surface area (Å²) in [6.07, 6.45) is 2.39. The molecule has 0 saturated heterocycles. The highest BCUT2D eigenvalue weighted by Gasteiger charge is 2.10. The van der Waals surface area contributed by atoms with Gasteiger partial charge in [-0.3, -0.25) is 0 Å². The Morgan fingerprint density at radius 3 is 2.87 bits per heavy atom. The van der Waals surface area contributed by atoms with Crippen LogP contribution in [-0.2, 0) is 16.6 Å². The van der Waals surface area contributed by atoms with Crippen LogP contribution in [-0.4, -0.2) is 31.0 Å². The Morgan fingerprint density at radius 1 is 1.47 bits per heavy atom. The Bertz CT molecular complexity index is 360. The van der Waals surface area contributed by atoms with Gasteiger partial charge in [0.1, 0.15) is 0 Å². The van der Waals surface area contributed by atoms with Crippen molar-refractivity contribution in [3.05, 3.63) is 18.0 Å². The van der Waals surface area contributed by atoms with E-state index in [1.165, 1.54) is 6.20 Å². The molecular formula is C8H14N2O4S. The molecule has 1 heterocycles. The lowest BCUT2D eigenvalue weighted by molar-refractivity contribution is 0.287. The van der Waals surface area contributed by atoms with Crippen LogP contribution in [0.4, 0.5) is 0 Å². The molecule has 0 aliphatic rings. The van der Waals surface area contributed by atoms with Gasteiger partial charge >= 0.3 is 0 Å². The van der Waals surface area contributed by atoms with Crippen molar-refractivity contribution >= 4 is 10.0 Å². The molecule has 1 aromatic rings. The van der Waals surface area contributed by atoms with Crippen LogP contribution < -0.4 is 4.72 Å². The highest BCUT2D eigenvalue weighted by atomic mass is 32.2. The van der Waals surface area contributed by atoms with Gasteiger partial charge in [-0.15, -0.1) is 0 Å². The zero-order valence-electron chi connectivity index (χ0n) is 8.22. The first-order valence-corrected chi connectivity index (χ1v) is 6.27. The quantitative estimate of drug-likeness (QED) is 0.641. The first kappa shape index (κ1) is 12.2. The molecule has 0 aromatic carbocycles. The number of aliphatic hydroxyl groups is 1. The fourth-order valence-corrected chi connectivity index (χ4v) is 2.08. The monoisotopic (exact) mass is 234 g/mol. The van der Waals surface area contributed by atoms with Crippen LogP contribution in [0, 0.1) is 0 Å². The van der Waals surface area contributed by atoms with Crippen molar-refractivity contribution in [2.75, 3.05) is 12.4 Å². The molecule has 15 heavy (non-hydrogen) atoms. The molecule has 0 amide bonds. The van der Waals surface area contributed by atoms with E-state index in [9.17, 15) is 8.42 Å². The summed E-state index contributed by atoms with van der Waals surface area (Å²) in [6.45, 7) is 0.124. The van der Waals surface area contributed by atoms with Crippen LogP contribution in [0.5, 0.6) is 0 Å². The summed E-state index contributed by atoms with van der Waals surface area (Å²) in [5.74, 6) is 0.488. The van der Waals surface area contributed by atoms with Crippen molar-refractivity contribution in [3.8, 4) is 0 Å². The summed E-state index contributed by atoms with van der Waals surface area (Å²) >= 11 is 0. The summed E-state index contributed by atoms with van der Waals surface area (Å²) < 4.78 is 29.8. The molecule has 0 aliphatic heterocycles. The second-order valence-corrected chi connectivity index (χ2v) is 4.98. The maximum atomic E-state index is 11.3. The van der Waals surface area contributed by atoms with E-state index in [2.05, 4.69) is 9.88 Å². The Kier molecular flexibility index (Phi) is 4.73. The molecule has 1 aromatic heterocycles. The van der Waals surface area contributed by atoms with Gasteiger partial charge in [0.25, 0.3) is 0 Å². The van der Waals surface area contributed by atoms with Crippen LogP contribution in [0.2, 0.25) is 0 Å². The minimum absolute atomic E-state index is 0.0115. The Morgan fingerprint density at radius 2 is 2.27 bits per heavy atom. The predicted octanol–water partition coefficient (Wildman–Crippen LogP) is -0.134. The summed E-state index contributed by atoms with van der Waals surface area (Å²) in [7, 11) is -3.28. The highest BCUT2D eigenvalue weighted by Crippen LogP contribution is 1.99. The van der Waals surface area contributed by atoms with E-state index in [0.29, 0.717) is 18.6 Å². The minimum atomic E-state index is -3.28. The molecule has 0 spiro atoms. The Labute approximate surface area is 88.3 Å². The lowest BCUT2D eigenvalue weighted by Crippen LogP contribution is -2.25. The van der Waals surface area contributed by atoms with Gasteiger partial charge in [0.05, 0.1) is 18.5 Å². The zero-order chi connectivity index (χ0) is 11.1. The lowest BCUT2D eigenvalue weighted by Gasteiger charge is -2.03. The smallest absolute Gasteiger partial charge is 0.212 e. The third-order valence-corrected chi connectivity index (χ3v) is 3.19. The van der Waals surface area contributed by atoms with Gasteiger partial charge in [-0.2, -0.15) is 0 Å². The van der Waals surface area contributed by atoms with Crippen molar-refractivity contribution in [3.63, 3.8) is 0 Å². The van der Waals surface area contributed by atoms with Crippen molar-refractivity contribution < 1.29 is 18.0 Å². The average Bonchev–Trinajstić information content (AvgIpc) is 2.68. The first-order chi connectivity index (χ1) is 7.14. The lowest BCUT2D eigenvalue weighted by atomic mass is 10.4. The van der Waals surface area contributed by atoms with E-state index in [4.69, 9.17) is 9.63 Å². The highest BCUT2D eigenvalue weighted by molar-refractivity contribution is 7.89. The van der Waals surface area contributed by atoms with Crippen LogP contribution in [0.3, 0.4) is 0 Å². The van der Waals surface area contributed by atoms with Crippen LogP contribution in [0.1, 0.15) is 18.6 Å².